The molecule has 1 atom stereocenters. The van der Waals surface area contributed by atoms with E-state index in [4.69, 9.17) is 14.2 Å². The number of carbonyl (C=O) groups excluding carboxylic acids is 2. The van der Waals surface area contributed by atoms with E-state index in [-0.39, 0.29) is 17.1 Å². The van der Waals surface area contributed by atoms with Crippen LogP contribution in [0.4, 0.5) is 4.39 Å². The van der Waals surface area contributed by atoms with E-state index in [1.165, 1.54) is 12.1 Å². The summed E-state index contributed by atoms with van der Waals surface area (Å²) in [6.07, 6.45) is 2.27. The molecule has 5 nitrogen and oxygen atoms in total. The molecule has 138 valence electrons. The van der Waals surface area contributed by atoms with Gasteiger partial charge < -0.3 is 14.2 Å². The van der Waals surface area contributed by atoms with Gasteiger partial charge in [0.15, 0.2) is 11.9 Å². The highest BCUT2D eigenvalue weighted by molar-refractivity contribution is 6.15. The van der Waals surface area contributed by atoms with Crippen LogP contribution in [0.5, 0.6) is 11.5 Å². The predicted octanol–water partition coefficient (Wildman–Crippen LogP) is 3.83. The maximum atomic E-state index is 13.9. The van der Waals surface area contributed by atoms with Crippen molar-refractivity contribution in [2.75, 3.05) is 6.61 Å². The number of ether oxygens (including phenoxy) is 3. The number of rotatable bonds is 3. The zero-order valence-electron chi connectivity index (χ0n) is 14.7. The van der Waals surface area contributed by atoms with Crippen molar-refractivity contribution in [2.24, 2.45) is 0 Å². The molecule has 0 spiro atoms. The molecule has 2 heterocycles. The SMILES string of the molecule is Cc1c(OC(=O)C2CCCO2)ccc2c1O/C(=C\c1ccccc1F)C2=O. The van der Waals surface area contributed by atoms with E-state index in [1.54, 1.807) is 37.3 Å². The number of benzene rings is 2. The molecular weight excluding hydrogens is 351 g/mol. The first-order valence-electron chi connectivity index (χ1n) is 8.70. The van der Waals surface area contributed by atoms with Crippen molar-refractivity contribution in [1.82, 2.24) is 0 Å². The highest BCUT2D eigenvalue weighted by Crippen LogP contribution is 2.39. The number of Topliss-reactive ketones (excluding diaryl/α,β-unsaturated/α-hetero) is 1. The molecule has 0 N–H and O–H groups in total. The van der Waals surface area contributed by atoms with E-state index in [0.29, 0.717) is 35.7 Å². The minimum atomic E-state index is -0.559. The lowest BCUT2D eigenvalue weighted by Crippen LogP contribution is -2.25. The van der Waals surface area contributed by atoms with E-state index in [9.17, 15) is 14.0 Å². The van der Waals surface area contributed by atoms with Crippen molar-refractivity contribution in [1.29, 1.82) is 0 Å². The van der Waals surface area contributed by atoms with E-state index >= 15 is 0 Å². The average Bonchev–Trinajstić information content (AvgIpc) is 3.29. The second-order valence-electron chi connectivity index (χ2n) is 6.45. The highest BCUT2D eigenvalue weighted by Gasteiger charge is 2.32. The quantitative estimate of drug-likeness (QED) is 0.468. The lowest BCUT2D eigenvalue weighted by atomic mass is 10.1. The fourth-order valence-electron chi connectivity index (χ4n) is 3.15. The third kappa shape index (κ3) is 3.24. The third-order valence-electron chi connectivity index (χ3n) is 4.63. The van der Waals surface area contributed by atoms with Crippen molar-refractivity contribution in [3.63, 3.8) is 0 Å². The Kier molecular flexibility index (Phi) is 4.49. The maximum absolute atomic E-state index is 13.9. The van der Waals surface area contributed by atoms with Gasteiger partial charge in [0.2, 0.25) is 5.78 Å². The molecule has 0 aliphatic carbocycles. The van der Waals surface area contributed by atoms with Crippen LogP contribution in [-0.2, 0) is 9.53 Å². The van der Waals surface area contributed by atoms with Crippen LogP contribution in [-0.4, -0.2) is 24.5 Å². The Bertz CT molecular complexity index is 957. The number of allylic oxidation sites excluding steroid dienone is 1. The van der Waals surface area contributed by atoms with Gasteiger partial charge >= 0.3 is 5.97 Å². The van der Waals surface area contributed by atoms with E-state index < -0.39 is 17.9 Å². The van der Waals surface area contributed by atoms with Gasteiger partial charge in [0.25, 0.3) is 0 Å². The van der Waals surface area contributed by atoms with Crippen molar-refractivity contribution in [2.45, 2.75) is 25.9 Å². The minimum absolute atomic E-state index is 0.0285. The normalized spacial score (nSPS) is 19.9. The molecule has 0 aromatic heterocycles. The Hall–Kier alpha value is -2.99. The smallest absolute Gasteiger partial charge is 0.340 e. The van der Waals surface area contributed by atoms with Crippen LogP contribution in [0, 0.1) is 12.7 Å². The lowest BCUT2D eigenvalue weighted by Gasteiger charge is -2.12. The number of halogens is 1. The third-order valence-corrected chi connectivity index (χ3v) is 4.63. The lowest BCUT2D eigenvalue weighted by molar-refractivity contribution is -0.144. The predicted molar refractivity (Wildman–Crippen MR) is 95.1 cm³/mol. The van der Waals surface area contributed by atoms with Gasteiger partial charge in [-0.1, -0.05) is 18.2 Å². The fraction of sp³-hybridized carbons (Fsp3) is 0.238. The molecular formula is C21H17FO5. The molecule has 1 fully saturated rings. The van der Waals surface area contributed by atoms with Crippen molar-refractivity contribution < 1.29 is 28.2 Å². The average molecular weight is 368 g/mol. The largest absolute Gasteiger partial charge is 0.452 e. The Morgan fingerprint density at radius 3 is 2.81 bits per heavy atom. The van der Waals surface area contributed by atoms with Crippen LogP contribution in [0.2, 0.25) is 0 Å². The van der Waals surface area contributed by atoms with Crippen LogP contribution < -0.4 is 9.47 Å². The summed E-state index contributed by atoms with van der Waals surface area (Å²) in [4.78, 5) is 24.7. The molecule has 1 saturated heterocycles. The first kappa shape index (κ1) is 17.4. The Morgan fingerprint density at radius 1 is 1.26 bits per heavy atom. The summed E-state index contributed by atoms with van der Waals surface area (Å²) < 4.78 is 30.3. The van der Waals surface area contributed by atoms with E-state index in [1.807, 2.05) is 0 Å². The van der Waals surface area contributed by atoms with Gasteiger partial charge in [-0.15, -0.1) is 0 Å². The topological polar surface area (TPSA) is 61.8 Å². The van der Waals surface area contributed by atoms with Crippen LogP contribution in [0.1, 0.15) is 34.3 Å². The minimum Gasteiger partial charge on any atom is -0.452 e. The Labute approximate surface area is 155 Å². The van der Waals surface area contributed by atoms with Gasteiger partial charge in [-0.3, -0.25) is 4.79 Å². The van der Waals surface area contributed by atoms with Gasteiger partial charge in [0.05, 0.1) is 5.56 Å². The highest BCUT2D eigenvalue weighted by atomic mass is 19.1. The summed E-state index contributed by atoms with van der Waals surface area (Å²) in [6, 6.07) is 9.23. The van der Waals surface area contributed by atoms with Crippen LogP contribution in [0.3, 0.4) is 0 Å². The van der Waals surface area contributed by atoms with Gasteiger partial charge in [0.1, 0.15) is 17.3 Å². The van der Waals surface area contributed by atoms with Gasteiger partial charge in [-0.25, -0.2) is 9.18 Å². The summed E-state index contributed by atoms with van der Waals surface area (Å²) in [5, 5.41) is 0. The molecule has 0 radical (unpaired) electrons. The zero-order chi connectivity index (χ0) is 19.0. The maximum Gasteiger partial charge on any atom is 0.340 e. The van der Waals surface area contributed by atoms with Gasteiger partial charge in [-0.2, -0.15) is 0 Å². The summed E-state index contributed by atoms with van der Waals surface area (Å²) in [6.45, 7) is 2.25. The number of ketones is 1. The molecule has 2 aliphatic heterocycles. The molecule has 0 saturated carbocycles. The Balaban J connectivity index is 1.61. The monoisotopic (exact) mass is 368 g/mol. The molecule has 0 bridgehead atoms. The Morgan fingerprint density at radius 2 is 2.07 bits per heavy atom. The summed E-state index contributed by atoms with van der Waals surface area (Å²) in [7, 11) is 0. The summed E-state index contributed by atoms with van der Waals surface area (Å²) in [5.41, 5.74) is 1.15. The van der Waals surface area contributed by atoms with Crippen LogP contribution in [0.15, 0.2) is 42.2 Å². The van der Waals surface area contributed by atoms with Crippen molar-refractivity contribution >= 4 is 17.8 Å². The number of fused-ring (bicyclic) bond motifs is 1. The van der Waals surface area contributed by atoms with E-state index in [2.05, 4.69) is 0 Å². The zero-order valence-corrected chi connectivity index (χ0v) is 14.7. The van der Waals surface area contributed by atoms with Crippen molar-refractivity contribution in [3.05, 3.63) is 64.7 Å². The first-order valence-corrected chi connectivity index (χ1v) is 8.70. The molecule has 2 aromatic carbocycles. The number of carbonyl (C=O) groups is 2. The van der Waals surface area contributed by atoms with Gasteiger partial charge in [-0.05, 0) is 44.0 Å². The van der Waals surface area contributed by atoms with Crippen LogP contribution >= 0.6 is 0 Å². The fourth-order valence-corrected chi connectivity index (χ4v) is 3.15. The second-order valence-corrected chi connectivity index (χ2v) is 6.45. The molecule has 2 aromatic rings. The standard InChI is InChI=1S/C21H17FO5/c1-12-16(27-21(24)17-7-4-10-25-17)9-8-14-19(23)18(26-20(12)14)11-13-5-2-3-6-15(13)22/h2-3,5-6,8-9,11,17H,4,7,10H2,1H3/b18-11-. The first-order chi connectivity index (χ1) is 13.0. The molecule has 27 heavy (non-hydrogen) atoms. The molecule has 0 amide bonds. The molecule has 2 aliphatic rings. The number of hydrogen-bond acceptors (Lipinski definition) is 5. The molecule has 1 unspecified atom stereocenters. The summed E-state index contributed by atoms with van der Waals surface area (Å²) >= 11 is 0. The van der Waals surface area contributed by atoms with Crippen LogP contribution in [0.25, 0.3) is 6.08 Å². The van der Waals surface area contributed by atoms with Gasteiger partial charge in [0, 0.05) is 17.7 Å². The van der Waals surface area contributed by atoms with Crippen molar-refractivity contribution in [3.8, 4) is 11.5 Å². The van der Waals surface area contributed by atoms with E-state index in [0.717, 1.165) is 6.42 Å². The number of esters is 1. The second kappa shape index (κ2) is 6.96. The molecule has 4 rings (SSSR count). The number of hydrogen-bond donors (Lipinski definition) is 0. The summed E-state index contributed by atoms with van der Waals surface area (Å²) in [5.74, 6) is -0.578. The molecule has 6 heteroatoms.